The van der Waals surface area contributed by atoms with Gasteiger partial charge in [0, 0.05) is 6.61 Å². The first kappa shape index (κ1) is 10.4. The lowest BCUT2D eigenvalue weighted by Gasteiger charge is -2.48. The molecule has 1 heterocycles. The molecule has 1 spiro atoms. The fourth-order valence-corrected chi connectivity index (χ4v) is 2.83. The molecule has 0 bridgehead atoms. The Labute approximate surface area is 86.6 Å². The smallest absolute Gasteiger partial charge is 0.0685 e. The van der Waals surface area contributed by atoms with Crippen molar-refractivity contribution in [1.82, 2.24) is 0 Å². The maximum atomic E-state index is 9.59. The monoisotopic (exact) mass is 198 g/mol. The Morgan fingerprint density at radius 3 is 2.57 bits per heavy atom. The molecule has 3 unspecified atom stereocenters. The van der Waals surface area contributed by atoms with Crippen LogP contribution < -0.4 is 0 Å². The maximum Gasteiger partial charge on any atom is 0.0685 e. The van der Waals surface area contributed by atoms with E-state index in [4.69, 9.17) is 4.74 Å². The highest BCUT2D eigenvalue weighted by atomic mass is 16.5. The molecule has 2 rings (SSSR count). The quantitative estimate of drug-likeness (QED) is 0.738. The number of aliphatic hydroxyl groups excluding tert-OH is 1. The summed E-state index contributed by atoms with van der Waals surface area (Å²) in [7, 11) is 0. The van der Waals surface area contributed by atoms with E-state index in [1.807, 2.05) is 6.92 Å². The lowest BCUT2D eigenvalue weighted by molar-refractivity contribution is -0.153. The number of hydrogen-bond donors (Lipinski definition) is 1. The topological polar surface area (TPSA) is 29.5 Å². The van der Waals surface area contributed by atoms with Crippen molar-refractivity contribution in [2.75, 3.05) is 6.61 Å². The molecule has 0 aromatic rings. The zero-order valence-electron chi connectivity index (χ0n) is 9.33. The van der Waals surface area contributed by atoms with E-state index >= 15 is 0 Å². The van der Waals surface area contributed by atoms with Crippen molar-refractivity contribution in [3.8, 4) is 0 Å². The first-order valence-electron chi connectivity index (χ1n) is 5.95. The largest absolute Gasteiger partial charge is 0.393 e. The van der Waals surface area contributed by atoms with Gasteiger partial charge in [-0.25, -0.2) is 0 Å². The number of rotatable bonds is 2. The van der Waals surface area contributed by atoms with E-state index in [1.165, 1.54) is 25.7 Å². The first-order chi connectivity index (χ1) is 6.63. The highest BCUT2D eigenvalue weighted by Crippen LogP contribution is 2.46. The number of ether oxygens (including phenoxy) is 1. The average molecular weight is 198 g/mol. The van der Waals surface area contributed by atoms with Gasteiger partial charge in [-0.05, 0) is 50.9 Å². The van der Waals surface area contributed by atoms with Gasteiger partial charge in [-0.2, -0.15) is 0 Å². The van der Waals surface area contributed by atoms with Crippen LogP contribution in [0, 0.1) is 11.8 Å². The predicted octanol–water partition coefficient (Wildman–Crippen LogP) is 2.35. The summed E-state index contributed by atoms with van der Waals surface area (Å²) in [4.78, 5) is 0. The van der Waals surface area contributed by atoms with Gasteiger partial charge in [0.15, 0.2) is 0 Å². The van der Waals surface area contributed by atoms with Gasteiger partial charge in [0.25, 0.3) is 0 Å². The van der Waals surface area contributed by atoms with Crippen LogP contribution in [0.3, 0.4) is 0 Å². The molecule has 0 aromatic heterocycles. The summed E-state index contributed by atoms with van der Waals surface area (Å²) in [6, 6.07) is 0. The summed E-state index contributed by atoms with van der Waals surface area (Å²) in [6.07, 6.45) is 5.96. The van der Waals surface area contributed by atoms with E-state index in [1.54, 1.807) is 0 Å². The normalized spacial score (nSPS) is 34.9. The highest BCUT2D eigenvalue weighted by Gasteiger charge is 2.43. The first-order valence-corrected chi connectivity index (χ1v) is 5.95. The third kappa shape index (κ3) is 1.82. The van der Waals surface area contributed by atoms with Gasteiger partial charge in [-0.1, -0.05) is 6.92 Å². The molecule has 2 aliphatic rings. The Balaban J connectivity index is 1.93. The van der Waals surface area contributed by atoms with E-state index in [0.717, 1.165) is 13.0 Å². The average Bonchev–Trinajstić information content (AvgIpc) is 2.14. The van der Waals surface area contributed by atoms with Crippen molar-refractivity contribution in [3.63, 3.8) is 0 Å². The van der Waals surface area contributed by atoms with Crippen LogP contribution in [-0.4, -0.2) is 23.4 Å². The van der Waals surface area contributed by atoms with Gasteiger partial charge < -0.3 is 9.84 Å². The second-order valence-electron chi connectivity index (χ2n) is 5.24. The van der Waals surface area contributed by atoms with E-state index in [0.29, 0.717) is 11.8 Å². The fraction of sp³-hybridized carbons (Fsp3) is 1.00. The maximum absolute atomic E-state index is 9.59. The molecule has 0 radical (unpaired) electrons. The summed E-state index contributed by atoms with van der Waals surface area (Å²) in [5.74, 6) is 1.10. The Hall–Kier alpha value is -0.0800. The molecule has 2 heteroatoms. The molecule has 1 saturated carbocycles. The Bertz CT molecular complexity index is 196. The van der Waals surface area contributed by atoms with Crippen LogP contribution in [0.1, 0.15) is 46.0 Å². The Morgan fingerprint density at radius 1 is 1.36 bits per heavy atom. The van der Waals surface area contributed by atoms with Crippen LogP contribution in [0.4, 0.5) is 0 Å². The lowest BCUT2D eigenvalue weighted by atomic mass is 9.68. The summed E-state index contributed by atoms with van der Waals surface area (Å²) in [5, 5.41) is 9.59. The van der Waals surface area contributed by atoms with Crippen LogP contribution >= 0.6 is 0 Å². The Morgan fingerprint density at radius 2 is 2.07 bits per heavy atom. The zero-order chi connectivity index (χ0) is 10.2. The SMILES string of the molecule is CC(O)C(C)C1CCOC2(CCC2)C1. The van der Waals surface area contributed by atoms with Gasteiger partial charge >= 0.3 is 0 Å². The molecule has 1 N–H and O–H groups in total. The van der Waals surface area contributed by atoms with Crippen LogP contribution in [-0.2, 0) is 4.74 Å². The molecule has 2 nitrogen and oxygen atoms in total. The van der Waals surface area contributed by atoms with E-state index in [9.17, 15) is 5.11 Å². The van der Waals surface area contributed by atoms with Crippen molar-refractivity contribution < 1.29 is 9.84 Å². The minimum Gasteiger partial charge on any atom is -0.393 e. The second kappa shape index (κ2) is 3.82. The molecular weight excluding hydrogens is 176 g/mol. The molecule has 1 aliphatic carbocycles. The third-order valence-corrected chi connectivity index (χ3v) is 4.30. The van der Waals surface area contributed by atoms with Crippen molar-refractivity contribution >= 4 is 0 Å². The molecule has 1 saturated heterocycles. The fourth-order valence-electron chi connectivity index (χ4n) is 2.83. The molecular formula is C12H22O2. The van der Waals surface area contributed by atoms with Crippen molar-refractivity contribution in [3.05, 3.63) is 0 Å². The molecule has 2 fully saturated rings. The zero-order valence-corrected chi connectivity index (χ0v) is 9.33. The van der Waals surface area contributed by atoms with E-state index < -0.39 is 0 Å². The van der Waals surface area contributed by atoms with Crippen molar-refractivity contribution in [1.29, 1.82) is 0 Å². The van der Waals surface area contributed by atoms with Crippen LogP contribution in [0.15, 0.2) is 0 Å². The van der Waals surface area contributed by atoms with Crippen LogP contribution in [0.2, 0.25) is 0 Å². The highest BCUT2D eigenvalue weighted by molar-refractivity contribution is 4.95. The van der Waals surface area contributed by atoms with Gasteiger partial charge in [-0.15, -0.1) is 0 Å². The molecule has 0 amide bonds. The van der Waals surface area contributed by atoms with Crippen LogP contribution in [0.25, 0.3) is 0 Å². The molecule has 14 heavy (non-hydrogen) atoms. The predicted molar refractivity (Wildman–Crippen MR) is 56.1 cm³/mol. The van der Waals surface area contributed by atoms with Crippen molar-refractivity contribution in [2.24, 2.45) is 11.8 Å². The molecule has 0 aromatic carbocycles. The van der Waals surface area contributed by atoms with E-state index in [2.05, 4.69) is 6.92 Å². The second-order valence-corrected chi connectivity index (χ2v) is 5.24. The van der Waals surface area contributed by atoms with E-state index in [-0.39, 0.29) is 11.7 Å². The molecule has 82 valence electrons. The summed E-state index contributed by atoms with van der Waals surface area (Å²) in [5.41, 5.74) is 0.228. The summed E-state index contributed by atoms with van der Waals surface area (Å²) >= 11 is 0. The van der Waals surface area contributed by atoms with Gasteiger partial charge in [-0.3, -0.25) is 0 Å². The van der Waals surface area contributed by atoms with Gasteiger partial charge in [0.05, 0.1) is 11.7 Å². The lowest BCUT2D eigenvalue weighted by Crippen LogP contribution is -2.47. The Kier molecular flexibility index (Phi) is 2.85. The standard InChI is InChI=1S/C12H22O2/c1-9(10(2)13)11-4-7-14-12(8-11)5-3-6-12/h9-11,13H,3-8H2,1-2H3. The van der Waals surface area contributed by atoms with Gasteiger partial charge in [0.1, 0.15) is 0 Å². The number of aliphatic hydroxyl groups is 1. The molecule has 1 aliphatic heterocycles. The summed E-state index contributed by atoms with van der Waals surface area (Å²) in [6.45, 7) is 4.99. The third-order valence-electron chi connectivity index (χ3n) is 4.30. The minimum absolute atomic E-state index is 0.171. The molecule has 3 atom stereocenters. The van der Waals surface area contributed by atoms with Gasteiger partial charge in [0.2, 0.25) is 0 Å². The number of hydrogen-bond acceptors (Lipinski definition) is 2. The van der Waals surface area contributed by atoms with Crippen LogP contribution in [0.5, 0.6) is 0 Å². The van der Waals surface area contributed by atoms with Crippen molar-refractivity contribution in [2.45, 2.75) is 57.7 Å². The minimum atomic E-state index is -0.171. The summed E-state index contributed by atoms with van der Waals surface area (Å²) < 4.78 is 5.88.